The number of nitro groups is 1. The largest absolute Gasteiger partial charge is 0.444 e. The van der Waals surface area contributed by atoms with Crippen molar-refractivity contribution in [1.29, 1.82) is 0 Å². The van der Waals surface area contributed by atoms with Gasteiger partial charge >= 0.3 is 6.09 Å². The van der Waals surface area contributed by atoms with Crippen molar-refractivity contribution in [2.24, 2.45) is 0 Å². The van der Waals surface area contributed by atoms with Gasteiger partial charge in [0.05, 0.1) is 17.1 Å². The Morgan fingerprint density at radius 3 is 2.52 bits per heavy atom. The number of halogens is 1. The lowest BCUT2D eigenvalue weighted by Gasteiger charge is -2.22. The number of alkyl carbamates (subject to hydrolysis) is 1. The van der Waals surface area contributed by atoms with Crippen LogP contribution in [0.4, 0.5) is 14.9 Å². The molecule has 0 aliphatic heterocycles. The minimum Gasteiger partial charge on any atom is -0.444 e. The summed E-state index contributed by atoms with van der Waals surface area (Å²) < 4.78 is 18.6. The van der Waals surface area contributed by atoms with Crippen molar-refractivity contribution in [1.82, 2.24) is 5.32 Å². The van der Waals surface area contributed by atoms with Gasteiger partial charge in [0.1, 0.15) is 17.5 Å². The summed E-state index contributed by atoms with van der Waals surface area (Å²) in [4.78, 5) is 21.7. The van der Waals surface area contributed by atoms with Crippen LogP contribution in [0.2, 0.25) is 0 Å². The maximum absolute atomic E-state index is 13.5. The van der Waals surface area contributed by atoms with Gasteiger partial charge < -0.3 is 20.3 Å². The quantitative estimate of drug-likeness (QED) is 0.530. The molecule has 140 valence electrons. The Hall–Kier alpha value is -2.26. The molecule has 0 radical (unpaired) electrons. The van der Waals surface area contributed by atoms with Gasteiger partial charge in [0.2, 0.25) is 0 Å². The van der Waals surface area contributed by atoms with Gasteiger partial charge in [0.15, 0.2) is 0 Å². The molecule has 0 aromatic heterocycles. The Balaban J connectivity index is 2.73. The number of rotatable bonds is 6. The fraction of sp³-hybridized carbons (Fsp3) is 0.562. The predicted molar refractivity (Wildman–Crippen MR) is 87.6 cm³/mol. The molecule has 1 aromatic carbocycles. The highest BCUT2D eigenvalue weighted by atomic mass is 19.1. The standard InChI is InChI=1S/C16H23FN2O6/c1-9-11(7-10(17)8-12(9)19(23)24)14(21)13(20)5-6-18-15(22)25-16(2,3)4/h7-8,13-14,20-21H,5-6H2,1-4H3,(H,18,22). The van der Waals surface area contributed by atoms with Crippen LogP contribution in [0, 0.1) is 22.9 Å². The lowest BCUT2D eigenvalue weighted by atomic mass is 9.96. The second kappa shape index (κ2) is 8.21. The molecule has 1 rings (SSSR count). The van der Waals surface area contributed by atoms with Crippen LogP contribution in [0.3, 0.4) is 0 Å². The van der Waals surface area contributed by atoms with Crippen LogP contribution in [0.5, 0.6) is 0 Å². The zero-order valence-electron chi connectivity index (χ0n) is 14.6. The zero-order chi connectivity index (χ0) is 19.4. The minimum absolute atomic E-state index is 0.00357. The molecule has 9 heteroatoms. The van der Waals surface area contributed by atoms with Crippen LogP contribution in [0.15, 0.2) is 12.1 Å². The van der Waals surface area contributed by atoms with E-state index in [1.54, 1.807) is 20.8 Å². The number of hydrogen-bond acceptors (Lipinski definition) is 6. The summed E-state index contributed by atoms with van der Waals surface area (Å²) in [6, 6.07) is 1.69. The van der Waals surface area contributed by atoms with E-state index in [0.717, 1.165) is 12.1 Å². The normalized spacial score (nSPS) is 13.9. The first-order valence-corrected chi connectivity index (χ1v) is 7.70. The van der Waals surface area contributed by atoms with E-state index in [-0.39, 0.29) is 24.1 Å². The van der Waals surface area contributed by atoms with E-state index in [2.05, 4.69) is 5.32 Å². The molecule has 0 aliphatic carbocycles. The topological polar surface area (TPSA) is 122 Å². The molecule has 0 aliphatic rings. The van der Waals surface area contributed by atoms with Crippen LogP contribution >= 0.6 is 0 Å². The Labute approximate surface area is 144 Å². The molecule has 0 fully saturated rings. The van der Waals surface area contributed by atoms with Gasteiger partial charge in [-0.05, 0) is 45.7 Å². The van der Waals surface area contributed by atoms with E-state index in [1.807, 2.05) is 0 Å². The van der Waals surface area contributed by atoms with Gasteiger partial charge in [-0.3, -0.25) is 10.1 Å². The Morgan fingerprint density at radius 1 is 1.40 bits per heavy atom. The molecule has 3 N–H and O–H groups in total. The molecule has 0 heterocycles. The highest BCUT2D eigenvalue weighted by Crippen LogP contribution is 2.29. The summed E-state index contributed by atoms with van der Waals surface area (Å²) in [5.41, 5.74) is -1.15. The summed E-state index contributed by atoms with van der Waals surface area (Å²) in [5, 5.41) is 33.5. The van der Waals surface area contributed by atoms with Gasteiger partial charge in [-0.25, -0.2) is 9.18 Å². The maximum Gasteiger partial charge on any atom is 0.407 e. The molecule has 0 bridgehead atoms. The van der Waals surface area contributed by atoms with E-state index in [4.69, 9.17) is 4.74 Å². The van der Waals surface area contributed by atoms with Crippen molar-refractivity contribution in [3.05, 3.63) is 39.2 Å². The van der Waals surface area contributed by atoms with Gasteiger partial charge in [-0.15, -0.1) is 0 Å². The third kappa shape index (κ3) is 6.28. The van der Waals surface area contributed by atoms with Crippen molar-refractivity contribution in [2.45, 2.75) is 51.9 Å². The van der Waals surface area contributed by atoms with E-state index in [1.165, 1.54) is 6.92 Å². The number of carbonyl (C=O) groups excluding carboxylic acids is 1. The number of aliphatic hydroxyl groups excluding tert-OH is 2. The number of benzene rings is 1. The van der Waals surface area contributed by atoms with Crippen molar-refractivity contribution in [2.75, 3.05) is 6.54 Å². The number of nitrogens with zero attached hydrogens (tertiary/aromatic N) is 1. The molecule has 0 saturated heterocycles. The average Bonchev–Trinajstić information content (AvgIpc) is 2.46. The van der Waals surface area contributed by atoms with Gasteiger partial charge in [0, 0.05) is 12.1 Å². The first kappa shape index (κ1) is 20.8. The Kier molecular flexibility index (Phi) is 6.83. The molecule has 25 heavy (non-hydrogen) atoms. The molecule has 2 atom stereocenters. The maximum atomic E-state index is 13.5. The first-order valence-electron chi connectivity index (χ1n) is 7.70. The van der Waals surface area contributed by atoms with Gasteiger partial charge in [0.25, 0.3) is 5.69 Å². The molecule has 0 spiro atoms. The number of nitrogens with one attached hydrogen (secondary N) is 1. The monoisotopic (exact) mass is 358 g/mol. The fourth-order valence-electron chi connectivity index (χ4n) is 2.18. The van der Waals surface area contributed by atoms with E-state index < -0.39 is 40.3 Å². The summed E-state index contributed by atoms with van der Waals surface area (Å²) in [7, 11) is 0. The van der Waals surface area contributed by atoms with Crippen LogP contribution in [-0.4, -0.2) is 39.5 Å². The Bertz CT molecular complexity index is 644. The average molecular weight is 358 g/mol. The lowest BCUT2D eigenvalue weighted by Crippen LogP contribution is -2.34. The van der Waals surface area contributed by atoms with Gasteiger partial charge in [-0.2, -0.15) is 0 Å². The highest BCUT2D eigenvalue weighted by Gasteiger charge is 2.26. The third-order valence-corrected chi connectivity index (χ3v) is 3.37. The van der Waals surface area contributed by atoms with Gasteiger partial charge in [-0.1, -0.05) is 0 Å². The van der Waals surface area contributed by atoms with Crippen LogP contribution in [0.1, 0.15) is 44.4 Å². The molecular formula is C16H23FN2O6. The first-order chi connectivity index (χ1) is 11.4. The van der Waals surface area contributed by atoms with Crippen molar-refractivity contribution in [3.8, 4) is 0 Å². The minimum atomic E-state index is -1.53. The molecule has 0 saturated carbocycles. The smallest absolute Gasteiger partial charge is 0.407 e. The summed E-state index contributed by atoms with van der Waals surface area (Å²) in [6.07, 6.45) is -3.61. The van der Waals surface area contributed by atoms with Crippen LogP contribution in [-0.2, 0) is 4.74 Å². The van der Waals surface area contributed by atoms with E-state index >= 15 is 0 Å². The summed E-state index contributed by atoms with van der Waals surface area (Å²) in [5.74, 6) is -0.884. The number of amides is 1. The zero-order valence-corrected chi connectivity index (χ0v) is 14.6. The number of nitro benzene ring substituents is 1. The van der Waals surface area contributed by atoms with Crippen molar-refractivity contribution < 1.29 is 29.1 Å². The molecule has 1 aromatic rings. The molecule has 8 nitrogen and oxygen atoms in total. The lowest BCUT2D eigenvalue weighted by molar-refractivity contribution is -0.385. The third-order valence-electron chi connectivity index (χ3n) is 3.37. The SMILES string of the molecule is Cc1c(C(O)C(O)CCNC(=O)OC(C)(C)C)cc(F)cc1[N+](=O)[O-]. The van der Waals surface area contributed by atoms with Crippen LogP contribution in [0.25, 0.3) is 0 Å². The molecule has 1 amide bonds. The molecular weight excluding hydrogens is 335 g/mol. The number of hydrogen-bond donors (Lipinski definition) is 3. The fourth-order valence-corrected chi connectivity index (χ4v) is 2.18. The number of ether oxygens (including phenoxy) is 1. The summed E-state index contributed by atoms with van der Waals surface area (Å²) >= 11 is 0. The second-order valence-electron chi connectivity index (χ2n) is 6.63. The van der Waals surface area contributed by atoms with Crippen molar-refractivity contribution >= 4 is 11.8 Å². The summed E-state index contributed by atoms with van der Waals surface area (Å²) in [6.45, 7) is 6.46. The number of aliphatic hydroxyl groups is 2. The second-order valence-corrected chi connectivity index (χ2v) is 6.63. The predicted octanol–water partition coefficient (Wildman–Crippen LogP) is 2.35. The Morgan fingerprint density at radius 2 is 2.00 bits per heavy atom. The van der Waals surface area contributed by atoms with E-state index in [9.17, 15) is 29.5 Å². The highest BCUT2D eigenvalue weighted by molar-refractivity contribution is 5.67. The van der Waals surface area contributed by atoms with E-state index in [0.29, 0.717) is 0 Å². The number of carbonyl (C=O) groups is 1. The van der Waals surface area contributed by atoms with Crippen molar-refractivity contribution in [3.63, 3.8) is 0 Å². The molecule has 2 unspecified atom stereocenters. The van der Waals surface area contributed by atoms with Crippen LogP contribution < -0.4 is 5.32 Å².